The quantitative estimate of drug-likeness (QED) is 0.785. The molecule has 0 atom stereocenters. The highest BCUT2D eigenvalue weighted by molar-refractivity contribution is 7.16. The number of rotatable bonds is 2. The van der Waals surface area contributed by atoms with Crippen molar-refractivity contribution in [2.45, 2.75) is 32.2 Å². The number of amides is 1. The molecular weight excluding hydrogens is 287 g/mol. The minimum absolute atomic E-state index is 0.0133. The van der Waals surface area contributed by atoms with E-state index in [0.29, 0.717) is 10.3 Å². The van der Waals surface area contributed by atoms with Gasteiger partial charge in [0.05, 0.1) is 16.8 Å². The molecule has 1 heterocycles. The van der Waals surface area contributed by atoms with Gasteiger partial charge in [-0.1, -0.05) is 36.2 Å². The average Bonchev–Trinajstić information content (AvgIpc) is 3.09. The van der Waals surface area contributed by atoms with E-state index in [1.165, 1.54) is 17.4 Å². The lowest BCUT2D eigenvalue weighted by atomic mass is 10.1. The number of para-hydroxylation sites is 1. The van der Waals surface area contributed by atoms with E-state index in [0.717, 1.165) is 30.4 Å². The molecule has 0 bridgehead atoms. The van der Waals surface area contributed by atoms with E-state index < -0.39 is 0 Å². The fraction of sp³-hybridized carbons (Fsp3) is 0.375. The fourth-order valence-corrected chi connectivity index (χ4v) is 3.82. The van der Waals surface area contributed by atoms with Crippen LogP contribution in [0, 0.1) is 24.1 Å². The van der Waals surface area contributed by atoms with Crippen molar-refractivity contribution in [2.24, 2.45) is 10.9 Å². The molecule has 1 aliphatic carbocycles. The molecule has 1 aromatic carbocycles. The SMILES string of the molecule is C#CCn1c(=NC(=O)C2CCCC2)sc2cccc(F)c21. The predicted molar refractivity (Wildman–Crippen MR) is 81.1 cm³/mol. The number of halogens is 1. The van der Waals surface area contributed by atoms with Crippen molar-refractivity contribution < 1.29 is 9.18 Å². The first kappa shape index (κ1) is 14.0. The van der Waals surface area contributed by atoms with Gasteiger partial charge in [-0.25, -0.2) is 4.39 Å². The van der Waals surface area contributed by atoms with Crippen LogP contribution in [0.25, 0.3) is 10.2 Å². The van der Waals surface area contributed by atoms with Gasteiger partial charge in [0.1, 0.15) is 5.82 Å². The molecule has 1 aromatic heterocycles. The maximum absolute atomic E-state index is 14.0. The molecule has 21 heavy (non-hydrogen) atoms. The zero-order valence-corrected chi connectivity index (χ0v) is 12.3. The highest BCUT2D eigenvalue weighted by Gasteiger charge is 2.22. The largest absolute Gasteiger partial charge is 0.302 e. The van der Waals surface area contributed by atoms with Crippen LogP contribution in [0.1, 0.15) is 25.7 Å². The highest BCUT2D eigenvalue weighted by Crippen LogP contribution is 2.26. The van der Waals surface area contributed by atoms with Crippen LogP contribution in [0.4, 0.5) is 4.39 Å². The Hall–Kier alpha value is -1.93. The lowest BCUT2D eigenvalue weighted by Crippen LogP contribution is -2.19. The molecule has 0 N–H and O–H groups in total. The number of fused-ring (bicyclic) bond motifs is 1. The van der Waals surface area contributed by atoms with E-state index in [2.05, 4.69) is 10.9 Å². The molecule has 1 saturated carbocycles. The first-order valence-electron chi connectivity index (χ1n) is 7.00. The molecule has 0 saturated heterocycles. The third-order valence-electron chi connectivity index (χ3n) is 3.81. The van der Waals surface area contributed by atoms with Crippen molar-refractivity contribution in [1.82, 2.24) is 4.57 Å². The molecule has 5 heteroatoms. The van der Waals surface area contributed by atoms with Gasteiger partial charge in [-0.2, -0.15) is 4.99 Å². The van der Waals surface area contributed by atoms with Crippen molar-refractivity contribution >= 4 is 27.5 Å². The number of nitrogens with zero attached hydrogens (tertiary/aromatic N) is 2. The molecule has 0 radical (unpaired) electrons. The van der Waals surface area contributed by atoms with Crippen molar-refractivity contribution in [1.29, 1.82) is 0 Å². The molecule has 1 amide bonds. The van der Waals surface area contributed by atoms with E-state index in [-0.39, 0.29) is 24.2 Å². The van der Waals surface area contributed by atoms with Crippen molar-refractivity contribution in [3.05, 3.63) is 28.8 Å². The number of terminal acetylenes is 1. The Morgan fingerprint density at radius 2 is 2.24 bits per heavy atom. The number of carbonyl (C=O) groups excluding carboxylic acids is 1. The van der Waals surface area contributed by atoms with Crippen LogP contribution >= 0.6 is 11.3 Å². The van der Waals surface area contributed by atoms with Gasteiger partial charge in [-0.05, 0) is 25.0 Å². The molecule has 3 rings (SSSR count). The molecule has 0 unspecified atom stereocenters. The van der Waals surface area contributed by atoms with Gasteiger partial charge in [0.25, 0.3) is 5.91 Å². The van der Waals surface area contributed by atoms with Gasteiger partial charge in [0, 0.05) is 5.92 Å². The topological polar surface area (TPSA) is 34.4 Å². The summed E-state index contributed by atoms with van der Waals surface area (Å²) in [6, 6.07) is 4.86. The minimum Gasteiger partial charge on any atom is -0.302 e. The van der Waals surface area contributed by atoms with Crippen molar-refractivity contribution in [3.8, 4) is 12.3 Å². The van der Waals surface area contributed by atoms with Gasteiger partial charge < -0.3 is 4.57 Å². The first-order valence-corrected chi connectivity index (χ1v) is 7.82. The van der Waals surface area contributed by atoms with E-state index in [4.69, 9.17) is 6.42 Å². The highest BCUT2D eigenvalue weighted by atomic mass is 32.1. The van der Waals surface area contributed by atoms with Gasteiger partial charge in [0.2, 0.25) is 0 Å². The number of carbonyl (C=O) groups is 1. The lowest BCUT2D eigenvalue weighted by molar-refractivity contribution is -0.121. The summed E-state index contributed by atoms with van der Waals surface area (Å²) in [5.74, 6) is 2.07. The van der Waals surface area contributed by atoms with Crippen LogP contribution < -0.4 is 4.80 Å². The molecule has 0 aliphatic heterocycles. The lowest BCUT2D eigenvalue weighted by Gasteiger charge is -2.03. The summed E-state index contributed by atoms with van der Waals surface area (Å²) in [5, 5.41) is 0. The maximum atomic E-state index is 14.0. The number of hydrogen-bond donors (Lipinski definition) is 0. The summed E-state index contributed by atoms with van der Waals surface area (Å²) < 4.78 is 16.4. The number of thiazole rings is 1. The Morgan fingerprint density at radius 1 is 1.48 bits per heavy atom. The normalized spacial score (nSPS) is 16.5. The van der Waals surface area contributed by atoms with Crippen molar-refractivity contribution in [2.75, 3.05) is 0 Å². The van der Waals surface area contributed by atoms with Gasteiger partial charge in [-0.3, -0.25) is 4.79 Å². The summed E-state index contributed by atoms with van der Waals surface area (Å²) in [4.78, 5) is 16.9. The molecule has 2 aromatic rings. The molecule has 1 fully saturated rings. The summed E-state index contributed by atoms with van der Waals surface area (Å²) in [6.07, 6.45) is 9.33. The predicted octanol–water partition coefficient (Wildman–Crippen LogP) is 3.09. The summed E-state index contributed by atoms with van der Waals surface area (Å²) in [6.45, 7) is 0.206. The summed E-state index contributed by atoms with van der Waals surface area (Å²) in [7, 11) is 0. The Morgan fingerprint density at radius 3 is 2.95 bits per heavy atom. The van der Waals surface area contributed by atoms with Gasteiger partial charge >= 0.3 is 0 Å². The standard InChI is InChI=1S/C16H15FN2OS/c1-2-10-19-14-12(17)8-5-9-13(14)21-16(19)18-15(20)11-6-3-4-7-11/h1,5,8-9,11H,3-4,6-7,10H2. The Balaban J connectivity index is 2.13. The van der Waals surface area contributed by atoms with Gasteiger partial charge in [0.15, 0.2) is 4.80 Å². The van der Waals surface area contributed by atoms with E-state index in [9.17, 15) is 9.18 Å². The van der Waals surface area contributed by atoms with Gasteiger partial charge in [-0.15, -0.1) is 6.42 Å². The third-order valence-corrected chi connectivity index (χ3v) is 4.86. The average molecular weight is 302 g/mol. The van der Waals surface area contributed by atoms with Crippen LogP contribution in [0.5, 0.6) is 0 Å². The van der Waals surface area contributed by atoms with Crippen LogP contribution in [0.15, 0.2) is 23.2 Å². The minimum atomic E-state index is -0.339. The second-order valence-electron chi connectivity index (χ2n) is 5.19. The van der Waals surface area contributed by atoms with E-state index >= 15 is 0 Å². The van der Waals surface area contributed by atoms with Crippen LogP contribution in [0.2, 0.25) is 0 Å². The van der Waals surface area contributed by atoms with E-state index in [1.54, 1.807) is 10.6 Å². The maximum Gasteiger partial charge on any atom is 0.251 e. The molecule has 1 aliphatic rings. The van der Waals surface area contributed by atoms with Crippen LogP contribution in [0.3, 0.4) is 0 Å². The molecule has 0 spiro atoms. The fourth-order valence-electron chi connectivity index (χ4n) is 2.77. The molecule has 3 nitrogen and oxygen atoms in total. The number of aromatic nitrogens is 1. The van der Waals surface area contributed by atoms with Crippen molar-refractivity contribution in [3.63, 3.8) is 0 Å². The third kappa shape index (κ3) is 2.64. The second-order valence-corrected chi connectivity index (χ2v) is 6.20. The Kier molecular flexibility index (Phi) is 3.89. The summed E-state index contributed by atoms with van der Waals surface area (Å²) in [5.41, 5.74) is 0.429. The first-order chi connectivity index (χ1) is 10.2. The Bertz CT molecular complexity index is 791. The van der Waals surface area contributed by atoms with Crippen LogP contribution in [-0.2, 0) is 11.3 Å². The number of hydrogen-bond acceptors (Lipinski definition) is 2. The second kappa shape index (κ2) is 5.82. The van der Waals surface area contributed by atoms with E-state index in [1.807, 2.05) is 6.07 Å². The summed E-state index contributed by atoms with van der Waals surface area (Å²) >= 11 is 1.31. The monoisotopic (exact) mass is 302 g/mol. The smallest absolute Gasteiger partial charge is 0.251 e. The Labute approximate surface area is 126 Å². The zero-order chi connectivity index (χ0) is 14.8. The zero-order valence-electron chi connectivity index (χ0n) is 11.5. The molecular formula is C16H15FN2OS. The molecule has 108 valence electrons. The van der Waals surface area contributed by atoms with Crippen LogP contribution in [-0.4, -0.2) is 10.5 Å². The number of benzene rings is 1.